The van der Waals surface area contributed by atoms with E-state index in [9.17, 15) is 19.5 Å². The molecule has 0 spiro atoms. The first kappa shape index (κ1) is 14.6. The third-order valence-corrected chi connectivity index (χ3v) is 3.22. The molecule has 0 aliphatic heterocycles. The van der Waals surface area contributed by atoms with Gasteiger partial charge in [0.1, 0.15) is 17.4 Å². The van der Waals surface area contributed by atoms with Gasteiger partial charge in [0.25, 0.3) is 11.5 Å². The summed E-state index contributed by atoms with van der Waals surface area (Å²) >= 11 is 0. The molecule has 0 radical (unpaired) electrons. The molecule has 0 saturated heterocycles. The first-order chi connectivity index (χ1) is 9.84. The number of aromatic hydroxyl groups is 1. The maximum Gasteiger partial charge on any atom is 0.325 e. The second-order valence-corrected chi connectivity index (χ2v) is 4.64. The van der Waals surface area contributed by atoms with Crippen molar-refractivity contribution < 1.29 is 19.8 Å². The lowest BCUT2D eigenvalue weighted by Crippen LogP contribution is -2.41. The Morgan fingerprint density at radius 1 is 1.29 bits per heavy atom. The number of pyridine rings is 1. The first-order valence-corrected chi connectivity index (χ1v) is 6.19. The third kappa shape index (κ3) is 2.45. The van der Waals surface area contributed by atoms with Crippen LogP contribution in [0.15, 0.2) is 29.1 Å². The van der Waals surface area contributed by atoms with E-state index >= 15 is 0 Å². The third-order valence-electron chi connectivity index (χ3n) is 3.22. The van der Waals surface area contributed by atoms with Crippen molar-refractivity contribution in [2.24, 2.45) is 7.05 Å². The Bertz CT molecular complexity index is 794. The van der Waals surface area contributed by atoms with Crippen LogP contribution in [0.5, 0.6) is 5.75 Å². The van der Waals surface area contributed by atoms with Gasteiger partial charge in [0.15, 0.2) is 0 Å². The number of fused-ring (bicyclic) bond motifs is 1. The molecule has 110 valence electrons. The molecular weight excluding hydrogens is 276 g/mol. The molecule has 7 nitrogen and oxygen atoms in total. The summed E-state index contributed by atoms with van der Waals surface area (Å²) < 4.78 is 1.23. The Morgan fingerprint density at radius 2 is 1.90 bits per heavy atom. The Hall–Kier alpha value is -2.83. The molecule has 1 atom stereocenters. The Labute approximate surface area is 119 Å². The predicted octanol–water partition coefficient (Wildman–Crippen LogP) is 0.447. The molecule has 1 amide bonds. The molecule has 1 heterocycles. The molecule has 0 bridgehead atoms. The molecule has 21 heavy (non-hydrogen) atoms. The zero-order chi connectivity index (χ0) is 15.7. The molecule has 1 unspecified atom stereocenters. The van der Waals surface area contributed by atoms with Gasteiger partial charge >= 0.3 is 5.97 Å². The number of hydrogen-bond donors (Lipinski definition) is 3. The van der Waals surface area contributed by atoms with E-state index in [1.165, 1.54) is 18.5 Å². The summed E-state index contributed by atoms with van der Waals surface area (Å²) in [4.78, 5) is 35.0. The van der Waals surface area contributed by atoms with Crippen LogP contribution >= 0.6 is 0 Å². The van der Waals surface area contributed by atoms with Gasteiger partial charge in [0.05, 0.1) is 5.52 Å². The van der Waals surface area contributed by atoms with E-state index in [4.69, 9.17) is 5.11 Å². The summed E-state index contributed by atoms with van der Waals surface area (Å²) in [6, 6.07) is 5.40. The van der Waals surface area contributed by atoms with Gasteiger partial charge < -0.3 is 20.1 Å². The number of aryl methyl sites for hydroxylation is 1. The van der Waals surface area contributed by atoms with Crippen molar-refractivity contribution in [3.8, 4) is 5.75 Å². The highest BCUT2D eigenvalue weighted by Gasteiger charge is 2.23. The molecule has 0 aliphatic carbocycles. The van der Waals surface area contributed by atoms with E-state index in [0.29, 0.717) is 10.9 Å². The summed E-state index contributed by atoms with van der Waals surface area (Å²) in [6.07, 6.45) is 0. The second kappa shape index (κ2) is 5.28. The lowest BCUT2D eigenvalue weighted by atomic mass is 10.1. The minimum absolute atomic E-state index is 0.340. The van der Waals surface area contributed by atoms with Crippen molar-refractivity contribution in [2.75, 3.05) is 0 Å². The fourth-order valence-corrected chi connectivity index (χ4v) is 2.01. The van der Waals surface area contributed by atoms with Gasteiger partial charge in [-0.15, -0.1) is 0 Å². The molecule has 2 rings (SSSR count). The monoisotopic (exact) mass is 290 g/mol. The number of carboxylic acid groups (broad SMARTS) is 1. The molecule has 1 aromatic carbocycles. The molecule has 3 N–H and O–H groups in total. The van der Waals surface area contributed by atoms with E-state index in [1.807, 2.05) is 0 Å². The number of rotatable bonds is 3. The molecule has 2 aromatic rings. The largest absolute Gasteiger partial charge is 0.506 e. The lowest BCUT2D eigenvalue weighted by Gasteiger charge is -2.13. The highest BCUT2D eigenvalue weighted by molar-refractivity contribution is 6.03. The normalized spacial score (nSPS) is 12.1. The van der Waals surface area contributed by atoms with Crippen LogP contribution in [0.3, 0.4) is 0 Å². The van der Waals surface area contributed by atoms with Crippen molar-refractivity contribution in [1.82, 2.24) is 9.88 Å². The highest BCUT2D eigenvalue weighted by Crippen LogP contribution is 2.25. The van der Waals surface area contributed by atoms with Crippen LogP contribution in [0.1, 0.15) is 17.3 Å². The van der Waals surface area contributed by atoms with Crippen molar-refractivity contribution in [3.05, 3.63) is 40.2 Å². The summed E-state index contributed by atoms with van der Waals surface area (Å²) in [5, 5.41) is 21.4. The number of carboxylic acids is 1. The van der Waals surface area contributed by atoms with Crippen molar-refractivity contribution >= 4 is 22.8 Å². The van der Waals surface area contributed by atoms with Gasteiger partial charge in [-0.3, -0.25) is 14.4 Å². The van der Waals surface area contributed by atoms with Crippen LogP contribution in [0.25, 0.3) is 10.9 Å². The summed E-state index contributed by atoms with van der Waals surface area (Å²) in [5.41, 5.74) is -0.687. The van der Waals surface area contributed by atoms with E-state index in [2.05, 4.69) is 5.32 Å². The van der Waals surface area contributed by atoms with Crippen LogP contribution in [0, 0.1) is 0 Å². The van der Waals surface area contributed by atoms with Crippen molar-refractivity contribution in [3.63, 3.8) is 0 Å². The molecule has 0 saturated carbocycles. The second-order valence-electron chi connectivity index (χ2n) is 4.64. The summed E-state index contributed by atoms with van der Waals surface area (Å²) in [6.45, 7) is 1.27. The molecule has 0 fully saturated rings. The Morgan fingerprint density at radius 3 is 2.52 bits per heavy atom. The zero-order valence-corrected chi connectivity index (χ0v) is 11.5. The van der Waals surface area contributed by atoms with Gasteiger partial charge in [-0.25, -0.2) is 0 Å². The van der Waals surface area contributed by atoms with Crippen LogP contribution in [0.2, 0.25) is 0 Å². The fraction of sp³-hybridized carbons (Fsp3) is 0.214. The van der Waals surface area contributed by atoms with Gasteiger partial charge in [-0.1, -0.05) is 12.1 Å². The molecule has 1 aromatic heterocycles. The number of nitrogens with zero attached hydrogens (tertiary/aromatic N) is 1. The average Bonchev–Trinajstić information content (AvgIpc) is 2.45. The van der Waals surface area contributed by atoms with Crippen LogP contribution < -0.4 is 10.9 Å². The number of carbonyl (C=O) groups excluding carboxylic acids is 1. The molecular formula is C14H14N2O5. The maximum absolute atomic E-state index is 12.2. The standard InChI is InChI=1S/C14H14N2O5/c1-7(14(20)21)15-12(18)10-11(17)8-5-3-4-6-9(8)16(2)13(10)19/h3-7,17H,1-2H3,(H,15,18)(H,20,21). The number of carbonyl (C=O) groups is 2. The van der Waals surface area contributed by atoms with E-state index in [0.717, 1.165) is 0 Å². The van der Waals surface area contributed by atoms with Crippen LogP contribution in [0.4, 0.5) is 0 Å². The minimum Gasteiger partial charge on any atom is -0.506 e. The molecule has 7 heteroatoms. The predicted molar refractivity (Wildman–Crippen MR) is 75.4 cm³/mol. The maximum atomic E-state index is 12.2. The topological polar surface area (TPSA) is 109 Å². The fourth-order valence-electron chi connectivity index (χ4n) is 2.01. The van der Waals surface area contributed by atoms with Gasteiger partial charge in [0, 0.05) is 12.4 Å². The Balaban J connectivity index is 2.62. The first-order valence-electron chi connectivity index (χ1n) is 6.19. The van der Waals surface area contributed by atoms with Crippen LogP contribution in [-0.4, -0.2) is 32.7 Å². The van der Waals surface area contributed by atoms with Crippen LogP contribution in [-0.2, 0) is 11.8 Å². The van der Waals surface area contributed by atoms with Crippen molar-refractivity contribution in [1.29, 1.82) is 0 Å². The van der Waals surface area contributed by atoms with Gasteiger partial charge in [-0.05, 0) is 19.1 Å². The van der Waals surface area contributed by atoms with E-state index < -0.39 is 34.8 Å². The number of para-hydroxylation sites is 1. The van der Waals surface area contributed by atoms with Gasteiger partial charge in [-0.2, -0.15) is 0 Å². The Kier molecular flexibility index (Phi) is 3.66. The smallest absolute Gasteiger partial charge is 0.325 e. The van der Waals surface area contributed by atoms with E-state index in [-0.39, 0.29) is 0 Å². The number of benzene rings is 1. The van der Waals surface area contributed by atoms with Gasteiger partial charge in [0.2, 0.25) is 0 Å². The average molecular weight is 290 g/mol. The summed E-state index contributed by atoms with van der Waals surface area (Å²) in [5.74, 6) is -2.61. The number of aromatic nitrogens is 1. The van der Waals surface area contributed by atoms with E-state index in [1.54, 1.807) is 24.3 Å². The quantitative estimate of drug-likeness (QED) is 0.760. The number of hydrogen-bond acceptors (Lipinski definition) is 4. The van der Waals surface area contributed by atoms with Crippen molar-refractivity contribution in [2.45, 2.75) is 13.0 Å². The lowest BCUT2D eigenvalue weighted by molar-refractivity contribution is -0.138. The zero-order valence-electron chi connectivity index (χ0n) is 11.5. The summed E-state index contributed by atoms with van der Waals surface area (Å²) in [7, 11) is 1.47. The molecule has 0 aliphatic rings. The number of amides is 1. The SMILES string of the molecule is CC(NC(=O)c1c(O)c2ccccc2n(C)c1=O)C(=O)O. The number of aliphatic carboxylic acids is 1. The highest BCUT2D eigenvalue weighted by atomic mass is 16.4. The minimum atomic E-state index is -1.24. The number of nitrogens with one attached hydrogen (secondary N) is 1.